The van der Waals surface area contributed by atoms with Crippen LogP contribution in [0.15, 0.2) is 24.0 Å². The van der Waals surface area contributed by atoms with Crippen molar-refractivity contribution in [3.05, 3.63) is 29.9 Å². The molecule has 0 amide bonds. The van der Waals surface area contributed by atoms with Crippen LogP contribution in [0.3, 0.4) is 0 Å². The molecule has 0 aromatic rings. The Morgan fingerprint density at radius 2 is 2.31 bits per heavy atom. The maximum absolute atomic E-state index is 10.4. The third-order valence-electron chi connectivity index (χ3n) is 1.78. The molecule has 0 aromatic carbocycles. The zero-order valence-electron chi connectivity index (χ0n) is 7.87. The first kappa shape index (κ1) is 9.99. The summed E-state index contributed by atoms with van der Waals surface area (Å²) in [6, 6.07) is 0. The Balaban J connectivity index is 2.44. The molecule has 0 aromatic heterocycles. The molecule has 1 radical (unpaired) electrons. The molecule has 1 saturated heterocycles. The fraction of sp³-hybridized carbons (Fsp3) is 0.400. The summed E-state index contributed by atoms with van der Waals surface area (Å²) in [4.78, 5) is 10.4. The van der Waals surface area contributed by atoms with Crippen LogP contribution in [0.5, 0.6) is 0 Å². The lowest BCUT2D eigenvalue weighted by molar-refractivity contribution is -0.135. The van der Waals surface area contributed by atoms with Gasteiger partial charge in [-0.2, -0.15) is 0 Å². The van der Waals surface area contributed by atoms with E-state index in [9.17, 15) is 4.79 Å². The Morgan fingerprint density at radius 1 is 1.54 bits per heavy atom. The molecule has 0 unspecified atom stereocenters. The van der Waals surface area contributed by atoms with Gasteiger partial charge in [-0.1, -0.05) is 6.08 Å². The second-order valence-electron chi connectivity index (χ2n) is 2.74. The lowest BCUT2D eigenvalue weighted by Gasteiger charge is -2.00. The van der Waals surface area contributed by atoms with Crippen molar-refractivity contribution >= 4 is 5.97 Å². The second-order valence-corrected chi connectivity index (χ2v) is 2.74. The first-order valence-electron chi connectivity index (χ1n) is 4.17. The Labute approximate surface area is 78.0 Å². The van der Waals surface area contributed by atoms with E-state index >= 15 is 0 Å². The van der Waals surface area contributed by atoms with Crippen LogP contribution in [0, 0.1) is 5.92 Å². The van der Waals surface area contributed by atoms with Crippen LogP contribution < -0.4 is 0 Å². The van der Waals surface area contributed by atoms with Gasteiger partial charge in [-0.05, 0) is 18.6 Å². The Hall–Kier alpha value is -1.09. The molecule has 3 heteroatoms. The van der Waals surface area contributed by atoms with Crippen LogP contribution in [0.4, 0.5) is 0 Å². The van der Waals surface area contributed by atoms with E-state index in [0.717, 1.165) is 11.5 Å². The number of carbonyl (C=O) groups excluding carboxylic acids is 1. The van der Waals surface area contributed by atoms with Crippen LogP contribution >= 0.6 is 0 Å². The van der Waals surface area contributed by atoms with Crippen molar-refractivity contribution in [2.75, 3.05) is 13.2 Å². The van der Waals surface area contributed by atoms with Crippen LogP contribution in [0.2, 0.25) is 0 Å². The summed E-state index contributed by atoms with van der Waals surface area (Å²) in [6.07, 6.45) is 5.17. The highest BCUT2D eigenvalue weighted by molar-refractivity contribution is 5.66. The molecule has 0 atom stereocenters. The monoisotopic (exact) mass is 181 g/mol. The van der Waals surface area contributed by atoms with E-state index in [-0.39, 0.29) is 5.97 Å². The average Bonchev–Trinajstić information content (AvgIpc) is 2.51. The largest absolute Gasteiger partial charge is 0.435 e. The fourth-order valence-corrected chi connectivity index (χ4v) is 1.09. The van der Waals surface area contributed by atoms with E-state index in [1.165, 1.54) is 13.2 Å². The second kappa shape index (κ2) is 4.82. The van der Waals surface area contributed by atoms with E-state index in [1.807, 2.05) is 13.0 Å². The first-order valence-corrected chi connectivity index (χ1v) is 4.17. The molecule has 0 spiro atoms. The number of hydrogen-bond donors (Lipinski definition) is 0. The SMILES string of the molecule is C/C=C1/COC[C]1/C=C/OC(C)=O. The molecule has 3 nitrogen and oxygen atoms in total. The van der Waals surface area contributed by atoms with Crippen molar-refractivity contribution in [1.82, 2.24) is 0 Å². The van der Waals surface area contributed by atoms with Crippen molar-refractivity contribution in [2.24, 2.45) is 0 Å². The van der Waals surface area contributed by atoms with Gasteiger partial charge in [-0.3, -0.25) is 4.79 Å². The maximum atomic E-state index is 10.4. The number of ether oxygens (including phenoxy) is 2. The quantitative estimate of drug-likeness (QED) is 0.479. The third kappa shape index (κ3) is 3.03. The average molecular weight is 181 g/mol. The highest BCUT2D eigenvalue weighted by Crippen LogP contribution is 2.22. The lowest BCUT2D eigenvalue weighted by Crippen LogP contribution is -1.96. The normalized spacial score (nSPS) is 21.5. The summed E-state index contributed by atoms with van der Waals surface area (Å²) in [6.45, 7) is 4.58. The van der Waals surface area contributed by atoms with Gasteiger partial charge in [0.15, 0.2) is 0 Å². The first-order chi connectivity index (χ1) is 6.24. The molecule has 71 valence electrons. The van der Waals surface area contributed by atoms with Gasteiger partial charge in [-0.25, -0.2) is 0 Å². The zero-order chi connectivity index (χ0) is 9.68. The number of esters is 1. The van der Waals surface area contributed by atoms with E-state index in [4.69, 9.17) is 4.74 Å². The molecular weight excluding hydrogens is 168 g/mol. The molecule has 1 aliphatic rings. The van der Waals surface area contributed by atoms with Gasteiger partial charge in [0.25, 0.3) is 0 Å². The van der Waals surface area contributed by atoms with E-state index in [0.29, 0.717) is 13.2 Å². The van der Waals surface area contributed by atoms with Crippen molar-refractivity contribution in [1.29, 1.82) is 0 Å². The number of rotatable bonds is 2. The molecule has 0 N–H and O–H groups in total. The number of carbonyl (C=O) groups is 1. The summed E-state index contributed by atoms with van der Waals surface area (Å²) in [7, 11) is 0. The van der Waals surface area contributed by atoms with Gasteiger partial charge in [0, 0.05) is 6.92 Å². The molecule has 1 aliphatic heterocycles. The predicted molar refractivity (Wildman–Crippen MR) is 48.7 cm³/mol. The summed E-state index contributed by atoms with van der Waals surface area (Å²) >= 11 is 0. The van der Waals surface area contributed by atoms with Crippen molar-refractivity contribution in [2.45, 2.75) is 13.8 Å². The van der Waals surface area contributed by atoms with E-state index < -0.39 is 0 Å². The van der Waals surface area contributed by atoms with Crippen LogP contribution in [0.1, 0.15) is 13.8 Å². The minimum Gasteiger partial charge on any atom is -0.435 e. The van der Waals surface area contributed by atoms with Gasteiger partial charge >= 0.3 is 5.97 Å². The van der Waals surface area contributed by atoms with Gasteiger partial charge < -0.3 is 9.47 Å². The molecule has 0 aliphatic carbocycles. The smallest absolute Gasteiger partial charge is 0.307 e. The summed E-state index contributed by atoms with van der Waals surface area (Å²) in [5.41, 5.74) is 1.16. The Kier molecular flexibility index (Phi) is 3.71. The number of hydrogen-bond acceptors (Lipinski definition) is 3. The van der Waals surface area contributed by atoms with E-state index in [2.05, 4.69) is 4.74 Å². The molecule has 13 heavy (non-hydrogen) atoms. The zero-order valence-corrected chi connectivity index (χ0v) is 7.87. The van der Waals surface area contributed by atoms with Crippen LogP contribution in [-0.4, -0.2) is 19.2 Å². The van der Waals surface area contributed by atoms with Crippen molar-refractivity contribution in [3.8, 4) is 0 Å². The van der Waals surface area contributed by atoms with E-state index in [1.54, 1.807) is 6.08 Å². The van der Waals surface area contributed by atoms with Gasteiger partial charge in [-0.15, -0.1) is 0 Å². The lowest BCUT2D eigenvalue weighted by atomic mass is 10.0. The Morgan fingerprint density at radius 3 is 2.92 bits per heavy atom. The maximum Gasteiger partial charge on any atom is 0.307 e. The fourth-order valence-electron chi connectivity index (χ4n) is 1.09. The Bertz CT molecular complexity index is 241. The van der Waals surface area contributed by atoms with Crippen LogP contribution in [-0.2, 0) is 14.3 Å². The summed E-state index contributed by atoms with van der Waals surface area (Å²) < 4.78 is 9.89. The number of allylic oxidation sites excluding steroid dienone is 1. The molecule has 1 fully saturated rings. The standard InChI is InChI=1S/C10H13O3/c1-3-9-6-12-7-10(9)4-5-13-8(2)11/h3-5H,6-7H2,1-2H3/b5-4+,9-3-. The molecule has 1 heterocycles. The van der Waals surface area contributed by atoms with Gasteiger partial charge in [0.1, 0.15) is 0 Å². The molecule has 0 bridgehead atoms. The molecule has 0 saturated carbocycles. The third-order valence-corrected chi connectivity index (χ3v) is 1.78. The molecular formula is C10H13O3. The minimum absolute atomic E-state index is 0.308. The minimum atomic E-state index is -0.308. The highest BCUT2D eigenvalue weighted by Gasteiger charge is 2.18. The van der Waals surface area contributed by atoms with Crippen LogP contribution in [0.25, 0.3) is 0 Å². The summed E-state index contributed by atoms with van der Waals surface area (Å²) in [5.74, 6) is 0.765. The van der Waals surface area contributed by atoms with Gasteiger partial charge in [0.2, 0.25) is 0 Å². The topological polar surface area (TPSA) is 35.5 Å². The molecule has 1 rings (SSSR count). The summed E-state index contributed by atoms with van der Waals surface area (Å²) in [5, 5.41) is 0. The van der Waals surface area contributed by atoms with Crippen molar-refractivity contribution < 1.29 is 14.3 Å². The van der Waals surface area contributed by atoms with Gasteiger partial charge in [0.05, 0.1) is 25.4 Å². The highest BCUT2D eigenvalue weighted by atomic mass is 16.5. The predicted octanol–water partition coefficient (Wildman–Crippen LogP) is 1.61. The van der Waals surface area contributed by atoms with Crippen molar-refractivity contribution in [3.63, 3.8) is 0 Å².